The molecular weight excluding hydrogens is 359 g/mol. The SMILES string of the molecule is O=C([O-])[C@H]1O[C@@H](n2cc(I)c(=O)[nH]c2=O)C[C@@H]1O. The summed E-state index contributed by atoms with van der Waals surface area (Å²) < 4.78 is 6.31. The summed E-state index contributed by atoms with van der Waals surface area (Å²) in [6.45, 7) is 0. The highest BCUT2D eigenvalue weighted by atomic mass is 127. The summed E-state index contributed by atoms with van der Waals surface area (Å²) in [6, 6.07) is 0. The summed E-state index contributed by atoms with van der Waals surface area (Å²) in [5, 5.41) is 20.1. The van der Waals surface area contributed by atoms with E-state index in [9.17, 15) is 24.6 Å². The van der Waals surface area contributed by atoms with Gasteiger partial charge in [0.1, 0.15) is 12.3 Å². The molecule has 0 amide bonds. The van der Waals surface area contributed by atoms with Crippen LogP contribution in [0.25, 0.3) is 0 Å². The van der Waals surface area contributed by atoms with Crippen LogP contribution < -0.4 is 16.4 Å². The molecule has 18 heavy (non-hydrogen) atoms. The minimum atomic E-state index is -1.54. The Balaban J connectivity index is 2.35. The predicted octanol–water partition coefficient (Wildman–Crippen LogP) is -2.46. The molecule has 3 atom stereocenters. The van der Waals surface area contributed by atoms with Crippen molar-refractivity contribution >= 4 is 28.6 Å². The van der Waals surface area contributed by atoms with Crippen molar-refractivity contribution in [2.75, 3.05) is 0 Å². The van der Waals surface area contributed by atoms with E-state index in [1.165, 1.54) is 6.20 Å². The topological polar surface area (TPSA) is 124 Å². The highest BCUT2D eigenvalue weighted by Gasteiger charge is 2.36. The molecule has 0 spiro atoms. The zero-order chi connectivity index (χ0) is 13.4. The zero-order valence-electron chi connectivity index (χ0n) is 8.83. The maximum atomic E-state index is 11.5. The highest BCUT2D eigenvalue weighted by Crippen LogP contribution is 2.27. The van der Waals surface area contributed by atoms with Crippen LogP contribution in [0.1, 0.15) is 12.6 Å². The summed E-state index contributed by atoms with van der Waals surface area (Å²) in [4.78, 5) is 35.4. The van der Waals surface area contributed by atoms with Crippen molar-refractivity contribution in [1.82, 2.24) is 9.55 Å². The van der Waals surface area contributed by atoms with Gasteiger partial charge in [-0.15, -0.1) is 0 Å². The van der Waals surface area contributed by atoms with Crippen molar-refractivity contribution in [2.24, 2.45) is 0 Å². The Morgan fingerprint density at radius 3 is 2.83 bits per heavy atom. The summed E-state index contributed by atoms with van der Waals surface area (Å²) in [5.74, 6) is -1.54. The molecule has 0 aliphatic carbocycles. The molecule has 8 nitrogen and oxygen atoms in total. The van der Waals surface area contributed by atoms with Crippen LogP contribution in [0.2, 0.25) is 0 Å². The molecule has 0 unspecified atom stereocenters. The molecule has 0 saturated carbocycles. The van der Waals surface area contributed by atoms with Crippen molar-refractivity contribution in [3.63, 3.8) is 0 Å². The van der Waals surface area contributed by atoms with E-state index in [1.807, 2.05) is 0 Å². The first kappa shape index (κ1) is 13.2. The lowest BCUT2D eigenvalue weighted by Crippen LogP contribution is -2.41. The number of hydrogen-bond acceptors (Lipinski definition) is 6. The molecule has 1 aromatic heterocycles. The number of aliphatic hydroxyl groups is 1. The third-order valence-electron chi connectivity index (χ3n) is 2.56. The number of rotatable bonds is 2. The van der Waals surface area contributed by atoms with Gasteiger partial charge in [-0.3, -0.25) is 14.3 Å². The fourth-order valence-corrected chi connectivity index (χ4v) is 2.15. The van der Waals surface area contributed by atoms with Crippen molar-refractivity contribution in [3.8, 4) is 0 Å². The van der Waals surface area contributed by atoms with Crippen LogP contribution in [-0.4, -0.2) is 32.8 Å². The lowest BCUT2D eigenvalue weighted by molar-refractivity contribution is -0.319. The van der Waals surface area contributed by atoms with Gasteiger partial charge < -0.3 is 19.7 Å². The standard InChI is InChI=1S/C9H9IN2O6/c10-3-2-12(9(17)11-7(3)14)5-1-4(13)6(18-5)8(15)16/h2,4-6,13H,1H2,(H,15,16)(H,11,14,17)/p-1/t4-,5+,6-/m0/s1. The number of ether oxygens (including phenoxy) is 1. The van der Waals surface area contributed by atoms with Crippen LogP contribution in [0, 0.1) is 3.57 Å². The summed E-state index contributed by atoms with van der Waals surface area (Å²) in [6.07, 6.45) is -2.50. The van der Waals surface area contributed by atoms with Crippen LogP contribution in [0.15, 0.2) is 15.8 Å². The Kier molecular flexibility index (Phi) is 3.54. The largest absolute Gasteiger partial charge is 0.547 e. The predicted molar refractivity (Wildman–Crippen MR) is 63.6 cm³/mol. The number of carboxylic acid groups (broad SMARTS) is 1. The van der Waals surface area contributed by atoms with Gasteiger partial charge in [0.15, 0.2) is 0 Å². The van der Waals surface area contributed by atoms with Gasteiger partial charge in [0.05, 0.1) is 15.6 Å². The van der Waals surface area contributed by atoms with Gasteiger partial charge in [-0.25, -0.2) is 4.79 Å². The van der Waals surface area contributed by atoms with E-state index in [2.05, 4.69) is 4.98 Å². The van der Waals surface area contributed by atoms with Gasteiger partial charge in [-0.05, 0) is 22.6 Å². The van der Waals surface area contributed by atoms with Crippen LogP contribution in [0.3, 0.4) is 0 Å². The molecule has 2 heterocycles. The summed E-state index contributed by atoms with van der Waals surface area (Å²) in [7, 11) is 0. The molecule has 1 aromatic rings. The molecular formula is C9H8IN2O6-. The molecule has 2 N–H and O–H groups in total. The number of nitrogens with one attached hydrogen (secondary N) is 1. The average Bonchev–Trinajstić information content (AvgIpc) is 2.65. The van der Waals surface area contributed by atoms with E-state index in [0.29, 0.717) is 0 Å². The van der Waals surface area contributed by atoms with Crippen LogP contribution in [-0.2, 0) is 9.53 Å². The third kappa shape index (κ3) is 2.33. The highest BCUT2D eigenvalue weighted by molar-refractivity contribution is 14.1. The van der Waals surface area contributed by atoms with Crippen molar-refractivity contribution in [1.29, 1.82) is 0 Å². The Bertz CT molecular complexity index is 593. The number of carbonyl (C=O) groups excluding carboxylic acids is 1. The van der Waals surface area contributed by atoms with E-state index >= 15 is 0 Å². The van der Waals surface area contributed by atoms with Crippen molar-refractivity contribution in [2.45, 2.75) is 24.9 Å². The van der Waals surface area contributed by atoms with E-state index in [-0.39, 0.29) is 9.99 Å². The van der Waals surface area contributed by atoms with E-state index in [0.717, 1.165) is 4.57 Å². The van der Waals surface area contributed by atoms with E-state index < -0.39 is 35.7 Å². The number of hydrogen-bond donors (Lipinski definition) is 2. The maximum Gasteiger partial charge on any atom is 0.330 e. The molecule has 9 heteroatoms. The number of carboxylic acids is 1. The molecule has 1 fully saturated rings. The van der Waals surface area contributed by atoms with Gasteiger partial charge in [0.25, 0.3) is 5.56 Å². The first-order chi connectivity index (χ1) is 8.40. The number of aliphatic hydroxyl groups excluding tert-OH is 1. The van der Waals surface area contributed by atoms with Crippen LogP contribution >= 0.6 is 22.6 Å². The number of H-pyrrole nitrogens is 1. The quantitative estimate of drug-likeness (QED) is 0.559. The Hall–Kier alpha value is -1.20. The summed E-state index contributed by atoms with van der Waals surface area (Å²) >= 11 is 1.73. The molecule has 0 aromatic carbocycles. The molecule has 1 aliphatic rings. The fraction of sp³-hybridized carbons (Fsp3) is 0.444. The number of nitrogens with zero attached hydrogens (tertiary/aromatic N) is 1. The van der Waals surface area contributed by atoms with Crippen LogP contribution in [0.4, 0.5) is 0 Å². The monoisotopic (exact) mass is 367 g/mol. The van der Waals surface area contributed by atoms with Gasteiger partial charge in [-0.1, -0.05) is 0 Å². The smallest absolute Gasteiger partial charge is 0.330 e. The molecule has 0 radical (unpaired) electrons. The van der Waals surface area contributed by atoms with Crippen molar-refractivity contribution in [3.05, 3.63) is 30.6 Å². The first-order valence-electron chi connectivity index (χ1n) is 4.95. The minimum Gasteiger partial charge on any atom is -0.547 e. The average molecular weight is 367 g/mol. The molecule has 2 rings (SSSR count). The molecule has 1 aliphatic heterocycles. The second kappa shape index (κ2) is 4.82. The van der Waals surface area contributed by atoms with Gasteiger partial charge >= 0.3 is 5.69 Å². The van der Waals surface area contributed by atoms with Gasteiger partial charge in [0, 0.05) is 12.6 Å². The second-order valence-electron chi connectivity index (χ2n) is 3.78. The fourth-order valence-electron chi connectivity index (χ4n) is 1.71. The Morgan fingerprint density at radius 2 is 2.28 bits per heavy atom. The lowest BCUT2D eigenvalue weighted by Gasteiger charge is -2.16. The maximum absolute atomic E-state index is 11.5. The number of carbonyl (C=O) groups is 1. The number of halogens is 1. The Labute approximate surface area is 113 Å². The lowest BCUT2D eigenvalue weighted by atomic mass is 10.2. The zero-order valence-corrected chi connectivity index (χ0v) is 11.0. The third-order valence-corrected chi connectivity index (χ3v) is 3.33. The number of aromatic nitrogens is 2. The van der Waals surface area contributed by atoms with Crippen molar-refractivity contribution < 1.29 is 19.7 Å². The first-order valence-corrected chi connectivity index (χ1v) is 6.03. The van der Waals surface area contributed by atoms with E-state index in [4.69, 9.17) is 4.74 Å². The number of aromatic amines is 1. The molecule has 1 saturated heterocycles. The van der Waals surface area contributed by atoms with Crippen LogP contribution in [0.5, 0.6) is 0 Å². The normalized spacial score (nSPS) is 27.3. The van der Waals surface area contributed by atoms with Gasteiger partial charge in [0.2, 0.25) is 0 Å². The molecule has 98 valence electrons. The van der Waals surface area contributed by atoms with Gasteiger partial charge in [-0.2, -0.15) is 0 Å². The van der Waals surface area contributed by atoms with E-state index in [1.54, 1.807) is 22.6 Å². The number of aliphatic carboxylic acids is 1. The minimum absolute atomic E-state index is 0.0688. The second-order valence-corrected chi connectivity index (χ2v) is 4.94. The summed E-state index contributed by atoms with van der Waals surface area (Å²) in [5.41, 5.74) is -1.26. The molecule has 0 bridgehead atoms. The Morgan fingerprint density at radius 1 is 1.61 bits per heavy atom.